The number of aryl methyl sites for hydroxylation is 1. The molecule has 1 aromatic rings. The van der Waals surface area contributed by atoms with Crippen LogP contribution in [0.3, 0.4) is 0 Å². The molecular formula is C14H14BrNO4. The van der Waals surface area contributed by atoms with E-state index in [0.717, 1.165) is 15.7 Å². The van der Waals surface area contributed by atoms with Crippen LogP contribution in [0.1, 0.15) is 19.4 Å². The van der Waals surface area contributed by atoms with Crippen LogP contribution >= 0.6 is 15.9 Å². The van der Waals surface area contributed by atoms with E-state index < -0.39 is 17.7 Å². The molecule has 0 aromatic heterocycles. The summed E-state index contributed by atoms with van der Waals surface area (Å²) >= 11 is 3.36. The van der Waals surface area contributed by atoms with Gasteiger partial charge in [-0.2, -0.15) is 0 Å². The maximum atomic E-state index is 11.8. The molecule has 1 N–H and O–H groups in total. The van der Waals surface area contributed by atoms with E-state index in [4.69, 9.17) is 9.47 Å². The number of ether oxygens (including phenoxy) is 2. The van der Waals surface area contributed by atoms with Crippen molar-refractivity contribution in [2.45, 2.75) is 26.6 Å². The molecule has 1 aromatic carbocycles. The third-order valence-corrected chi connectivity index (χ3v) is 3.18. The van der Waals surface area contributed by atoms with Gasteiger partial charge >= 0.3 is 11.9 Å². The first kappa shape index (κ1) is 14.6. The molecule has 20 heavy (non-hydrogen) atoms. The Hall–Kier alpha value is -1.82. The Balaban J connectivity index is 2.21. The van der Waals surface area contributed by atoms with E-state index in [9.17, 15) is 9.59 Å². The standard InChI is InChI=1S/C14H14BrNO4/c1-8-4-5-9(15)6-11(8)16-7-10-12(17)19-14(2,3)20-13(10)18/h4-7,16H,1-3H3. The maximum absolute atomic E-state index is 11.8. The summed E-state index contributed by atoms with van der Waals surface area (Å²) in [6.07, 6.45) is 1.30. The Bertz CT molecular complexity index is 585. The van der Waals surface area contributed by atoms with Gasteiger partial charge in [0.1, 0.15) is 0 Å². The van der Waals surface area contributed by atoms with Gasteiger partial charge in [0.25, 0.3) is 5.79 Å². The number of carbonyl (C=O) groups excluding carboxylic acids is 2. The Labute approximate surface area is 125 Å². The van der Waals surface area contributed by atoms with Gasteiger partial charge in [0.2, 0.25) is 0 Å². The van der Waals surface area contributed by atoms with Crippen molar-refractivity contribution < 1.29 is 19.1 Å². The second kappa shape index (κ2) is 5.28. The van der Waals surface area contributed by atoms with Gasteiger partial charge in [-0.3, -0.25) is 0 Å². The number of hydrogen-bond donors (Lipinski definition) is 1. The van der Waals surface area contributed by atoms with Crippen molar-refractivity contribution in [1.82, 2.24) is 0 Å². The van der Waals surface area contributed by atoms with E-state index in [-0.39, 0.29) is 5.57 Å². The highest BCUT2D eigenvalue weighted by Crippen LogP contribution is 2.24. The van der Waals surface area contributed by atoms with Gasteiger partial charge in [0.15, 0.2) is 5.57 Å². The molecule has 0 unspecified atom stereocenters. The first-order valence-electron chi connectivity index (χ1n) is 5.98. The Morgan fingerprint density at radius 3 is 2.40 bits per heavy atom. The monoisotopic (exact) mass is 339 g/mol. The lowest BCUT2D eigenvalue weighted by Crippen LogP contribution is -2.42. The summed E-state index contributed by atoms with van der Waals surface area (Å²) in [6, 6.07) is 5.65. The fourth-order valence-corrected chi connectivity index (χ4v) is 2.04. The number of hydrogen-bond acceptors (Lipinski definition) is 5. The Morgan fingerprint density at radius 1 is 1.20 bits per heavy atom. The van der Waals surface area contributed by atoms with Crippen LogP contribution in [0.4, 0.5) is 5.69 Å². The van der Waals surface area contributed by atoms with Gasteiger partial charge in [0.05, 0.1) is 0 Å². The van der Waals surface area contributed by atoms with Gasteiger partial charge in [-0.15, -0.1) is 0 Å². The molecule has 1 aliphatic rings. The van der Waals surface area contributed by atoms with Crippen molar-refractivity contribution in [3.05, 3.63) is 40.0 Å². The van der Waals surface area contributed by atoms with Gasteiger partial charge in [-0.1, -0.05) is 22.0 Å². The zero-order chi connectivity index (χ0) is 14.9. The van der Waals surface area contributed by atoms with E-state index in [0.29, 0.717) is 0 Å². The van der Waals surface area contributed by atoms with Crippen molar-refractivity contribution in [2.75, 3.05) is 5.32 Å². The molecule has 0 aliphatic carbocycles. The number of rotatable bonds is 2. The van der Waals surface area contributed by atoms with Crippen molar-refractivity contribution in [1.29, 1.82) is 0 Å². The Kier molecular flexibility index (Phi) is 3.85. The summed E-state index contributed by atoms with van der Waals surface area (Å²) in [5, 5.41) is 2.92. The number of cyclic esters (lactones) is 2. The largest absolute Gasteiger partial charge is 0.419 e. The second-order valence-electron chi connectivity index (χ2n) is 4.84. The molecular weight excluding hydrogens is 326 g/mol. The lowest BCUT2D eigenvalue weighted by atomic mass is 10.2. The van der Waals surface area contributed by atoms with Crippen molar-refractivity contribution in [3.63, 3.8) is 0 Å². The third-order valence-electron chi connectivity index (χ3n) is 2.69. The number of anilines is 1. The summed E-state index contributed by atoms with van der Waals surface area (Å²) in [7, 11) is 0. The van der Waals surface area contributed by atoms with E-state index in [1.165, 1.54) is 20.0 Å². The highest BCUT2D eigenvalue weighted by atomic mass is 79.9. The molecule has 1 saturated heterocycles. The first-order chi connectivity index (χ1) is 9.28. The highest BCUT2D eigenvalue weighted by Gasteiger charge is 2.38. The molecule has 1 aliphatic heterocycles. The number of halogens is 1. The van der Waals surface area contributed by atoms with Crippen molar-refractivity contribution in [2.24, 2.45) is 0 Å². The van der Waals surface area contributed by atoms with Gasteiger partial charge < -0.3 is 14.8 Å². The maximum Gasteiger partial charge on any atom is 0.350 e. The summed E-state index contributed by atoms with van der Waals surface area (Å²) in [6.45, 7) is 4.92. The van der Waals surface area contributed by atoms with Gasteiger partial charge in [-0.25, -0.2) is 9.59 Å². The summed E-state index contributed by atoms with van der Waals surface area (Å²) in [5.74, 6) is -2.63. The van der Waals surface area contributed by atoms with Gasteiger partial charge in [0, 0.05) is 30.2 Å². The smallest absolute Gasteiger partial charge is 0.350 e. The first-order valence-corrected chi connectivity index (χ1v) is 6.77. The predicted octanol–water partition coefficient (Wildman–Crippen LogP) is 2.89. The molecule has 6 heteroatoms. The van der Waals surface area contributed by atoms with Crippen LogP contribution in [0.15, 0.2) is 34.4 Å². The molecule has 0 radical (unpaired) electrons. The SMILES string of the molecule is Cc1ccc(Br)cc1NC=C1C(=O)OC(C)(C)OC1=O. The molecule has 0 amide bonds. The van der Waals surface area contributed by atoms with Crippen molar-refractivity contribution >= 4 is 33.6 Å². The van der Waals surface area contributed by atoms with Crippen LogP contribution in [0.5, 0.6) is 0 Å². The second-order valence-corrected chi connectivity index (χ2v) is 5.76. The average Bonchev–Trinajstić information content (AvgIpc) is 2.30. The predicted molar refractivity (Wildman–Crippen MR) is 76.8 cm³/mol. The lowest BCUT2D eigenvalue weighted by molar-refractivity contribution is -0.222. The number of esters is 2. The highest BCUT2D eigenvalue weighted by molar-refractivity contribution is 9.10. The fraction of sp³-hybridized carbons (Fsp3) is 0.286. The zero-order valence-corrected chi connectivity index (χ0v) is 12.9. The molecule has 2 rings (SSSR count). The van der Waals surface area contributed by atoms with Crippen LogP contribution < -0.4 is 5.32 Å². The van der Waals surface area contributed by atoms with Crippen LogP contribution in [0.2, 0.25) is 0 Å². The number of nitrogens with one attached hydrogen (secondary N) is 1. The summed E-state index contributed by atoms with van der Waals surface area (Å²) in [5.41, 5.74) is 1.59. The zero-order valence-electron chi connectivity index (χ0n) is 11.3. The minimum Gasteiger partial charge on any atom is -0.419 e. The number of benzene rings is 1. The lowest BCUT2D eigenvalue weighted by Gasteiger charge is -2.29. The minimum absolute atomic E-state index is 0.163. The van der Waals surface area contributed by atoms with E-state index >= 15 is 0 Å². The fourth-order valence-electron chi connectivity index (χ4n) is 1.68. The molecule has 0 atom stereocenters. The van der Waals surface area contributed by atoms with Crippen molar-refractivity contribution in [3.8, 4) is 0 Å². The van der Waals surface area contributed by atoms with E-state index in [1.807, 2.05) is 25.1 Å². The summed E-state index contributed by atoms with van der Waals surface area (Å²) < 4.78 is 10.9. The van der Waals surface area contributed by atoms with Gasteiger partial charge in [-0.05, 0) is 24.6 Å². The van der Waals surface area contributed by atoms with Crippen LogP contribution in [-0.2, 0) is 19.1 Å². The molecule has 1 heterocycles. The van der Waals surface area contributed by atoms with Crippen LogP contribution in [0, 0.1) is 6.92 Å². The minimum atomic E-state index is -1.23. The number of carbonyl (C=O) groups is 2. The molecule has 0 bridgehead atoms. The summed E-state index contributed by atoms with van der Waals surface area (Å²) in [4.78, 5) is 23.5. The molecule has 1 fully saturated rings. The topological polar surface area (TPSA) is 64.6 Å². The third kappa shape index (κ3) is 3.19. The molecule has 5 nitrogen and oxygen atoms in total. The molecule has 0 saturated carbocycles. The van der Waals surface area contributed by atoms with Crippen LogP contribution in [0.25, 0.3) is 0 Å². The van der Waals surface area contributed by atoms with E-state index in [2.05, 4.69) is 21.2 Å². The molecule has 106 valence electrons. The van der Waals surface area contributed by atoms with Crippen LogP contribution in [-0.4, -0.2) is 17.7 Å². The van der Waals surface area contributed by atoms with E-state index in [1.54, 1.807) is 0 Å². The normalized spacial score (nSPS) is 17.3. The quantitative estimate of drug-likeness (QED) is 0.510. The Morgan fingerprint density at radius 2 is 1.80 bits per heavy atom. The average molecular weight is 340 g/mol. The molecule has 0 spiro atoms.